The van der Waals surface area contributed by atoms with Crippen LogP contribution in [0.2, 0.25) is 0 Å². The smallest absolute Gasteiger partial charge is 0.248 e. The highest BCUT2D eigenvalue weighted by molar-refractivity contribution is 6.01. The summed E-state index contributed by atoms with van der Waals surface area (Å²) in [7, 11) is 1.57. The number of nitrogens with zero attached hydrogens (tertiary/aromatic N) is 4. The minimum atomic E-state index is 0.456. The Balaban J connectivity index is 2.03. The predicted octanol–water partition coefficient (Wildman–Crippen LogP) is 0.419. The average Bonchev–Trinajstić information content (AvgIpc) is 2.72. The summed E-state index contributed by atoms with van der Waals surface area (Å²) in [5, 5.41) is 14.1. The molecule has 1 aromatic rings. The van der Waals surface area contributed by atoms with Gasteiger partial charge in [0.25, 0.3) is 0 Å². The molecular weight excluding hydrogens is 182 g/mol. The number of methoxy groups -OCH3 is 1. The van der Waals surface area contributed by atoms with Gasteiger partial charge in [-0.2, -0.15) is 5.32 Å². The van der Waals surface area contributed by atoms with Gasteiger partial charge in [-0.1, -0.05) is 0 Å². The van der Waals surface area contributed by atoms with Gasteiger partial charge in [0.1, 0.15) is 6.34 Å². The van der Waals surface area contributed by atoms with Crippen molar-refractivity contribution in [1.29, 1.82) is 0 Å². The van der Waals surface area contributed by atoms with Gasteiger partial charge in [0.15, 0.2) is 0 Å². The number of hydrogen-bond acceptors (Lipinski definition) is 5. The Kier molecular flexibility index (Phi) is 2.26. The maximum Gasteiger partial charge on any atom is 0.248 e. The highest BCUT2D eigenvalue weighted by atomic mass is 16.5. The second-order valence-electron chi connectivity index (χ2n) is 2.50. The summed E-state index contributed by atoms with van der Waals surface area (Å²) in [6.07, 6.45) is 3.01. The number of pyridine rings is 1. The topological polar surface area (TPSA) is 73.0 Å². The third-order valence-corrected chi connectivity index (χ3v) is 1.59. The largest absolute Gasteiger partial charge is 0.481 e. The molecule has 0 atom stereocenters. The monoisotopic (exact) mass is 190 g/mol. The lowest BCUT2D eigenvalue weighted by Crippen LogP contribution is -2.19. The van der Waals surface area contributed by atoms with Crippen LogP contribution in [0.3, 0.4) is 0 Å². The molecule has 1 N–H and O–H groups in total. The first-order chi connectivity index (χ1) is 6.88. The average molecular weight is 190 g/mol. The fourth-order valence-electron chi connectivity index (χ4n) is 0.948. The quantitative estimate of drug-likeness (QED) is 0.734. The Bertz CT molecular complexity index is 370. The molecule has 1 radical (unpaired) electrons. The molecule has 0 saturated heterocycles. The SMILES string of the molecule is COc1ccc(NC2=NN=C[N]2)cn1. The molecule has 14 heavy (non-hydrogen) atoms. The standard InChI is InChI=1S/C8H8N5O/c1-14-7-3-2-6(4-9-7)12-8-10-5-11-13-8/h2-5H,1H3,(H,12,13). The lowest BCUT2D eigenvalue weighted by molar-refractivity contribution is 0.398. The zero-order valence-electron chi connectivity index (χ0n) is 7.51. The second-order valence-corrected chi connectivity index (χ2v) is 2.50. The van der Waals surface area contributed by atoms with Crippen molar-refractivity contribution in [2.75, 3.05) is 12.4 Å². The molecule has 1 aromatic heterocycles. The van der Waals surface area contributed by atoms with Crippen molar-refractivity contribution in [3.05, 3.63) is 18.3 Å². The molecule has 0 saturated carbocycles. The van der Waals surface area contributed by atoms with Gasteiger partial charge in [0, 0.05) is 6.07 Å². The van der Waals surface area contributed by atoms with Crippen LogP contribution >= 0.6 is 0 Å². The van der Waals surface area contributed by atoms with Gasteiger partial charge in [0.05, 0.1) is 19.0 Å². The zero-order chi connectivity index (χ0) is 9.80. The Morgan fingerprint density at radius 3 is 2.86 bits per heavy atom. The number of hydrogen-bond donors (Lipinski definition) is 1. The Labute approximate surface area is 80.7 Å². The number of aromatic nitrogens is 1. The predicted molar refractivity (Wildman–Crippen MR) is 52.5 cm³/mol. The summed E-state index contributed by atoms with van der Waals surface area (Å²) >= 11 is 0. The molecule has 0 spiro atoms. The first kappa shape index (κ1) is 8.49. The minimum Gasteiger partial charge on any atom is -0.481 e. The van der Waals surface area contributed by atoms with Crippen LogP contribution in [0.25, 0.3) is 0 Å². The van der Waals surface area contributed by atoms with Crippen molar-refractivity contribution in [3.8, 4) is 5.88 Å². The summed E-state index contributed by atoms with van der Waals surface area (Å²) in [6, 6.07) is 3.57. The molecule has 0 unspecified atom stereocenters. The van der Waals surface area contributed by atoms with Gasteiger partial charge in [0.2, 0.25) is 11.8 Å². The van der Waals surface area contributed by atoms with Crippen LogP contribution in [-0.2, 0) is 0 Å². The molecule has 0 aromatic carbocycles. The number of rotatable bonds is 2. The molecule has 1 aliphatic rings. The molecule has 0 fully saturated rings. The van der Waals surface area contributed by atoms with Gasteiger partial charge in [-0.05, 0) is 6.07 Å². The van der Waals surface area contributed by atoms with Crippen LogP contribution in [0.4, 0.5) is 5.69 Å². The Morgan fingerprint density at radius 1 is 1.36 bits per heavy atom. The van der Waals surface area contributed by atoms with E-state index in [0.717, 1.165) is 5.69 Å². The van der Waals surface area contributed by atoms with E-state index in [0.29, 0.717) is 11.8 Å². The lowest BCUT2D eigenvalue weighted by atomic mass is 10.4. The molecular formula is C8H8N5O. The van der Waals surface area contributed by atoms with Crippen LogP contribution < -0.4 is 15.4 Å². The molecule has 6 heteroatoms. The van der Waals surface area contributed by atoms with Gasteiger partial charge in [-0.15, -0.1) is 10.2 Å². The maximum absolute atomic E-state index is 4.92. The summed E-state index contributed by atoms with van der Waals surface area (Å²) < 4.78 is 4.92. The fraction of sp³-hybridized carbons (Fsp3) is 0.125. The number of guanidine groups is 1. The van der Waals surface area contributed by atoms with Crippen LogP contribution in [0.1, 0.15) is 0 Å². The highest BCUT2D eigenvalue weighted by Crippen LogP contribution is 2.10. The number of anilines is 1. The van der Waals surface area contributed by atoms with Crippen molar-refractivity contribution in [3.63, 3.8) is 0 Å². The van der Waals surface area contributed by atoms with Gasteiger partial charge >= 0.3 is 0 Å². The maximum atomic E-state index is 4.92. The fourth-order valence-corrected chi connectivity index (χ4v) is 0.948. The molecule has 6 nitrogen and oxygen atoms in total. The van der Waals surface area contributed by atoms with Crippen LogP contribution in [-0.4, -0.2) is 24.4 Å². The van der Waals surface area contributed by atoms with Crippen molar-refractivity contribution < 1.29 is 4.74 Å². The van der Waals surface area contributed by atoms with Crippen LogP contribution in [0.5, 0.6) is 5.88 Å². The zero-order valence-corrected chi connectivity index (χ0v) is 7.51. The molecule has 2 rings (SSSR count). The molecule has 0 amide bonds. The first-order valence-electron chi connectivity index (χ1n) is 3.96. The normalized spacial score (nSPS) is 13.4. The summed E-state index contributed by atoms with van der Waals surface area (Å²) in [5.74, 6) is 1.02. The Hall–Kier alpha value is -2.11. The lowest BCUT2D eigenvalue weighted by Gasteiger charge is -2.03. The summed E-state index contributed by atoms with van der Waals surface area (Å²) in [4.78, 5) is 4.02. The van der Waals surface area contributed by atoms with Crippen molar-refractivity contribution in [1.82, 2.24) is 10.3 Å². The van der Waals surface area contributed by atoms with Crippen LogP contribution in [0, 0.1) is 0 Å². The van der Waals surface area contributed by atoms with Crippen molar-refractivity contribution in [2.45, 2.75) is 0 Å². The van der Waals surface area contributed by atoms with E-state index in [-0.39, 0.29) is 0 Å². The van der Waals surface area contributed by atoms with Crippen LogP contribution in [0.15, 0.2) is 28.5 Å². The second kappa shape index (κ2) is 3.73. The van der Waals surface area contributed by atoms with E-state index in [1.807, 2.05) is 6.07 Å². The van der Waals surface area contributed by atoms with E-state index in [1.165, 1.54) is 6.34 Å². The van der Waals surface area contributed by atoms with Gasteiger partial charge < -0.3 is 10.1 Å². The van der Waals surface area contributed by atoms with E-state index < -0.39 is 0 Å². The number of ether oxygens (including phenoxy) is 1. The first-order valence-corrected chi connectivity index (χ1v) is 3.96. The van der Waals surface area contributed by atoms with Crippen molar-refractivity contribution in [2.24, 2.45) is 10.2 Å². The van der Waals surface area contributed by atoms with E-state index in [4.69, 9.17) is 4.74 Å². The molecule has 2 heterocycles. The number of nitrogens with one attached hydrogen (secondary N) is 1. The van der Waals surface area contributed by atoms with E-state index in [9.17, 15) is 0 Å². The van der Waals surface area contributed by atoms with Gasteiger partial charge in [-0.3, -0.25) is 0 Å². The molecule has 0 aliphatic carbocycles. The summed E-state index contributed by atoms with van der Waals surface area (Å²) in [5.41, 5.74) is 0.791. The third-order valence-electron chi connectivity index (χ3n) is 1.59. The Morgan fingerprint density at radius 2 is 2.29 bits per heavy atom. The third kappa shape index (κ3) is 1.79. The van der Waals surface area contributed by atoms with E-state index in [2.05, 4.69) is 25.8 Å². The summed E-state index contributed by atoms with van der Waals surface area (Å²) in [6.45, 7) is 0. The molecule has 1 aliphatic heterocycles. The van der Waals surface area contributed by atoms with Crippen molar-refractivity contribution >= 4 is 18.0 Å². The molecule has 0 bridgehead atoms. The van der Waals surface area contributed by atoms with Gasteiger partial charge in [-0.25, -0.2) is 4.98 Å². The van der Waals surface area contributed by atoms with E-state index >= 15 is 0 Å². The van der Waals surface area contributed by atoms with E-state index in [1.54, 1.807) is 19.4 Å². The highest BCUT2D eigenvalue weighted by Gasteiger charge is 2.04. The molecule has 71 valence electrons. The minimum absolute atomic E-state index is 0.456.